The molecular formula is C19H23Cl2N3O5. The lowest BCUT2D eigenvalue weighted by Gasteiger charge is -2.23. The van der Waals surface area contributed by atoms with Gasteiger partial charge in [-0.05, 0) is 26.0 Å². The minimum Gasteiger partial charge on any atom is -0.463 e. The second kappa shape index (κ2) is 8.77. The normalized spacial score (nSPS) is 21.6. The summed E-state index contributed by atoms with van der Waals surface area (Å²) in [6.45, 7) is 6.69. The molecule has 1 N–H and O–H groups in total. The first-order valence-corrected chi connectivity index (χ1v) is 10.0. The number of imidazole rings is 1. The second-order valence-electron chi connectivity index (χ2n) is 7.19. The maximum Gasteiger partial charge on any atom is 0.303 e. The Morgan fingerprint density at radius 3 is 2.59 bits per heavy atom. The quantitative estimate of drug-likeness (QED) is 0.675. The van der Waals surface area contributed by atoms with Gasteiger partial charge in [-0.1, -0.05) is 23.2 Å². The number of rotatable bonds is 6. The van der Waals surface area contributed by atoms with E-state index in [-0.39, 0.29) is 12.6 Å². The SMILES string of the molecule is CC(=O)OC[C@@H]1C[C@@H](OC(C)=O)[C@H](n2c(NC(C)C)nc3cc(Cl)c(Cl)cc32)O1. The predicted octanol–water partition coefficient (Wildman–Crippen LogP) is 3.95. The second-order valence-corrected chi connectivity index (χ2v) is 8.01. The number of hydrogen-bond donors (Lipinski definition) is 1. The molecule has 10 heteroatoms. The van der Waals surface area contributed by atoms with Gasteiger partial charge in [0.25, 0.3) is 0 Å². The van der Waals surface area contributed by atoms with Crippen molar-refractivity contribution < 1.29 is 23.8 Å². The number of nitrogens with one attached hydrogen (secondary N) is 1. The molecule has 0 amide bonds. The van der Waals surface area contributed by atoms with Gasteiger partial charge >= 0.3 is 11.9 Å². The van der Waals surface area contributed by atoms with Gasteiger partial charge in [-0.2, -0.15) is 0 Å². The Hall–Kier alpha value is -2.03. The van der Waals surface area contributed by atoms with Crippen molar-refractivity contribution in [3.63, 3.8) is 0 Å². The number of fused-ring (bicyclic) bond motifs is 1. The van der Waals surface area contributed by atoms with Crippen LogP contribution in [0.4, 0.5) is 5.95 Å². The third-order valence-corrected chi connectivity index (χ3v) is 5.06. The van der Waals surface area contributed by atoms with Crippen molar-refractivity contribution in [1.82, 2.24) is 9.55 Å². The number of carbonyl (C=O) groups excluding carboxylic acids is 2. The van der Waals surface area contributed by atoms with Crippen LogP contribution in [-0.2, 0) is 23.8 Å². The van der Waals surface area contributed by atoms with Crippen molar-refractivity contribution in [3.8, 4) is 0 Å². The molecule has 1 aromatic carbocycles. The van der Waals surface area contributed by atoms with Gasteiger partial charge < -0.3 is 19.5 Å². The van der Waals surface area contributed by atoms with Gasteiger partial charge in [0.1, 0.15) is 12.7 Å². The molecule has 0 aliphatic carbocycles. The van der Waals surface area contributed by atoms with E-state index < -0.39 is 30.4 Å². The molecule has 0 bridgehead atoms. The zero-order valence-corrected chi connectivity index (χ0v) is 18.1. The molecule has 8 nitrogen and oxygen atoms in total. The standard InChI is InChI=1S/C19H23Cl2N3O5/c1-9(2)22-19-23-15-6-13(20)14(21)7-16(15)24(19)18-17(28-11(4)26)5-12(29-18)8-27-10(3)25/h6-7,9,12,17-18H,5,8H2,1-4H3,(H,22,23)/t12-,17+,18+/m0/s1. The molecular weight excluding hydrogens is 421 g/mol. The van der Waals surface area contributed by atoms with Crippen molar-refractivity contribution in [3.05, 3.63) is 22.2 Å². The maximum atomic E-state index is 11.7. The van der Waals surface area contributed by atoms with Gasteiger partial charge in [-0.3, -0.25) is 14.2 Å². The van der Waals surface area contributed by atoms with Crippen LogP contribution in [0, 0.1) is 0 Å². The summed E-state index contributed by atoms with van der Waals surface area (Å²) < 4.78 is 18.5. The van der Waals surface area contributed by atoms with E-state index in [2.05, 4.69) is 10.3 Å². The first kappa shape index (κ1) is 21.7. The zero-order valence-electron chi connectivity index (χ0n) is 16.6. The highest BCUT2D eigenvalue weighted by Gasteiger charge is 2.41. The van der Waals surface area contributed by atoms with Gasteiger partial charge in [0.2, 0.25) is 5.95 Å². The largest absolute Gasteiger partial charge is 0.463 e. The topological polar surface area (TPSA) is 91.7 Å². The lowest BCUT2D eigenvalue weighted by molar-refractivity contribution is -0.152. The number of anilines is 1. The van der Waals surface area contributed by atoms with Crippen LogP contribution in [0.1, 0.15) is 40.3 Å². The number of benzene rings is 1. The third-order valence-electron chi connectivity index (χ3n) is 4.34. The Morgan fingerprint density at radius 2 is 1.97 bits per heavy atom. The molecule has 1 fully saturated rings. The number of halogens is 2. The number of aromatic nitrogens is 2. The molecule has 1 aliphatic rings. The molecule has 3 atom stereocenters. The summed E-state index contributed by atoms with van der Waals surface area (Å²) in [5, 5.41) is 4.03. The summed E-state index contributed by atoms with van der Waals surface area (Å²) in [7, 11) is 0. The first-order chi connectivity index (χ1) is 13.7. The summed E-state index contributed by atoms with van der Waals surface area (Å²) in [5.74, 6) is -0.304. The Kier molecular flexibility index (Phi) is 6.55. The number of ether oxygens (including phenoxy) is 3. The van der Waals surface area contributed by atoms with Crippen LogP contribution in [0.25, 0.3) is 11.0 Å². The Bertz CT molecular complexity index is 930. The molecule has 0 unspecified atom stereocenters. The Labute approximate surface area is 178 Å². The number of hydrogen-bond acceptors (Lipinski definition) is 7. The summed E-state index contributed by atoms with van der Waals surface area (Å²) >= 11 is 12.4. The number of esters is 2. The first-order valence-electron chi connectivity index (χ1n) is 9.25. The molecule has 0 spiro atoms. The molecule has 2 heterocycles. The highest BCUT2D eigenvalue weighted by molar-refractivity contribution is 6.42. The highest BCUT2D eigenvalue weighted by Crippen LogP contribution is 2.38. The van der Waals surface area contributed by atoms with Gasteiger partial charge in [0.15, 0.2) is 6.23 Å². The summed E-state index contributed by atoms with van der Waals surface area (Å²) in [6, 6.07) is 3.46. The molecule has 2 aromatic rings. The summed E-state index contributed by atoms with van der Waals surface area (Å²) in [4.78, 5) is 27.5. The molecule has 29 heavy (non-hydrogen) atoms. The van der Waals surface area contributed by atoms with Crippen molar-refractivity contribution in [1.29, 1.82) is 0 Å². The van der Waals surface area contributed by atoms with E-state index in [1.807, 2.05) is 13.8 Å². The molecule has 0 radical (unpaired) electrons. The maximum absolute atomic E-state index is 11.7. The smallest absolute Gasteiger partial charge is 0.303 e. The molecule has 0 saturated carbocycles. The number of carbonyl (C=O) groups is 2. The minimum atomic E-state index is -0.678. The van der Waals surface area contributed by atoms with Crippen molar-refractivity contribution in [2.75, 3.05) is 11.9 Å². The van der Waals surface area contributed by atoms with Crippen LogP contribution in [0.2, 0.25) is 10.0 Å². The van der Waals surface area contributed by atoms with Crippen LogP contribution in [0.5, 0.6) is 0 Å². The van der Waals surface area contributed by atoms with Crippen LogP contribution in [0.3, 0.4) is 0 Å². The average molecular weight is 444 g/mol. The van der Waals surface area contributed by atoms with E-state index >= 15 is 0 Å². The van der Waals surface area contributed by atoms with Gasteiger partial charge in [0, 0.05) is 26.3 Å². The zero-order chi connectivity index (χ0) is 21.3. The van der Waals surface area contributed by atoms with Crippen molar-refractivity contribution in [2.45, 2.75) is 58.6 Å². The highest BCUT2D eigenvalue weighted by atomic mass is 35.5. The predicted molar refractivity (Wildman–Crippen MR) is 109 cm³/mol. The molecule has 158 valence electrons. The molecule has 1 aliphatic heterocycles. The molecule has 1 saturated heterocycles. The van der Waals surface area contributed by atoms with Crippen molar-refractivity contribution >= 4 is 52.1 Å². The Morgan fingerprint density at radius 1 is 1.28 bits per heavy atom. The van der Waals surface area contributed by atoms with E-state index in [0.717, 1.165) is 0 Å². The van der Waals surface area contributed by atoms with Gasteiger partial charge in [-0.25, -0.2) is 4.98 Å². The van der Waals surface area contributed by atoms with Gasteiger partial charge in [-0.15, -0.1) is 0 Å². The fraction of sp³-hybridized carbons (Fsp3) is 0.526. The van der Waals surface area contributed by atoms with E-state index in [9.17, 15) is 9.59 Å². The molecule has 3 rings (SSSR count). The third kappa shape index (κ3) is 4.94. The Balaban J connectivity index is 2.05. The monoisotopic (exact) mass is 443 g/mol. The van der Waals surface area contributed by atoms with Crippen LogP contribution in [0.15, 0.2) is 12.1 Å². The fourth-order valence-corrected chi connectivity index (χ4v) is 3.60. The molecule has 1 aromatic heterocycles. The summed E-state index contributed by atoms with van der Waals surface area (Å²) in [5.41, 5.74) is 1.30. The lowest BCUT2D eigenvalue weighted by atomic mass is 10.2. The van der Waals surface area contributed by atoms with Gasteiger partial charge in [0.05, 0.1) is 27.2 Å². The fourth-order valence-electron chi connectivity index (χ4n) is 3.29. The lowest BCUT2D eigenvalue weighted by Crippen LogP contribution is -2.26. The summed E-state index contributed by atoms with van der Waals surface area (Å²) in [6.07, 6.45) is -1.32. The van der Waals surface area contributed by atoms with E-state index in [1.165, 1.54) is 13.8 Å². The number of nitrogens with zero attached hydrogens (tertiary/aromatic N) is 2. The van der Waals surface area contributed by atoms with Crippen LogP contribution in [-0.4, -0.2) is 46.3 Å². The van der Waals surface area contributed by atoms with Crippen LogP contribution < -0.4 is 5.32 Å². The average Bonchev–Trinajstić information content (AvgIpc) is 3.13. The van der Waals surface area contributed by atoms with E-state index in [4.69, 9.17) is 37.4 Å². The minimum absolute atomic E-state index is 0.0652. The van der Waals surface area contributed by atoms with Crippen molar-refractivity contribution in [2.24, 2.45) is 0 Å². The van der Waals surface area contributed by atoms with E-state index in [0.29, 0.717) is 33.4 Å². The van der Waals surface area contributed by atoms with E-state index in [1.54, 1.807) is 16.7 Å². The van der Waals surface area contributed by atoms with Crippen LogP contribution >= 0.6 is 23.2 Å².